The molecule has 4 unspecified atom stereocenters. The van der Waals surface area contributed by atoms with Gasteiger partial charge in [0.05, 0.1) is 12.7 Å². The van der Waals surface area contributed by atoms with Gasteiger partial charge in [0.1, 0.15) is 0 Å². The SMILES string of the molecule is CC1CC2CC1CC2OCCc1ccccc1. The first-order valence-electron chi connectivity index (χ1n) is 6.98. The van der Waals surface area contributed by atoms with Crippen LogP contribution >= 0.6 is 0 Å². The monoisotopic (exact) mass is 230 g/mol. The molecule has 0 N–H and O–H groups in total. The molecule has 2 saturated carbocycles. The highest BCUT2D eigenvalue weighted by molar-refractivity contribution is 5.14. The van der Waals surface area contributed by atoms with Gasteiger partial charge in [-0.15, -0.1) is 0 Å². The van der Waals surface area contributed by atoms with Gasteiger partial charge in [0.25, 0.3) is 0 Å². The van der Waals surface area contributed by atoms with E-state index >= 15 is 0 Å². The number of fused-ring (bicyclic) bond motifs is 2. The first-order valence-corrected chi connectivity index (χ1v) is 6.98. The highest BCUT2D eigenvalue weighted by Crippen LogP contribution is 2.49. The van der Waals surface area contributed by atoms with Crippen LogP contribution in [0.1, 0.15) is 31.7 Å². The first-order chi connectivity index (χ1) is 8.33. The van der Waals surface area contributed by atoms with Crippen molar-refractivity contribution in [3.8, 4) is 0 Å². The fourth-order valence-corrected chi connectivity index (χ4v) is 3.69. The summed E-state index contributed by atoms with van der Waals surface area (Å²) in [6, 6.07) is 10.7. The number of rotatable bonds is 4. The Labute approximate surface area is 104 Å². The van der Waals surface area contributed by atoms with Gasteiger partial charge in [-0.05, 0) is 49.0 Å². The predicted octanol–water partition coefficient (Wildman–Crippen LogP) is 3.68. The minimum absolute atomic E-state index is 0.569. The highest BCUT2D eigenvalue weighted by Gasteiger charge is 2.44. The van der Waals surface area contributed by atoms with Crippen LogP contribution in [-0.4, -0.2) is 12.7 Å². The standard InChI is InChI=1S/C16H22O/c1-12-9-15-10-14(12)11-16(15)17-8-7-13-5-3-2-4-6-13/h2-6,12,14-16H,7-11H2,1H3. The second kappa shape index (κ2) is 4.81. The largest absolute Gasteiger partial charge is 0.378 e. The van der Waals surface area contributed by atoms with Gasteiger partial charge >= 0.3 is 0 Å². The van der Waals surface area contributed by atoms with Gasteiger partial charge < -0.3 is 4.74 Å². The van der Waals surface area contributed by atoms with E-state index in [-0.39, 0.29) is 0 Å². The summed E-state index contributed by atoms with van der Waals surface area (Å²) >= 11 is 0. The van der Waals surface area contributed by atoms with Crippen LogP contribution in [0.25, 0.3) is 0 Å². The number of benzene rings is 1. The maximum absolute atomic E-state index is 6.09. The van der Waals surface area contributed by atoms with Crippen LogP contribution in [0.15, 0.2) is 30.3 Å². The van der Waals surface area contributed by atoms with Crippen molar-refractivity contribution in [2.45, 2.75) is 38.7 Å². The van der Waals surface area contributed by atoms with E-state index in [1.54, 1.807) is 0 Å². The average Bonchev–Trinajstić information content (AvgIpc) is 2.89. The molecule has 1 aromatic carbocycles. The van der Waals surface area contributed by atoms with Crippen LogP contribution in [0, 0.1) is 17.8 Å². The predicted molar refractivity (Wildman–Crippen MR) is 69.9 cm³/mol. The minimum Gasteiger partial charge on any atom is -0.378 e. The summed E-state index contributed by atoms with van der Waals surface area (Å²) in [5.74, 6) is 2.78. The van der Waals surface area contributed by atoms with E-state index in [1.165, 1.54) is 24.8 Å². The molecule has 1 aromatic rings. The second-order valence-corrected chi connectivity index (χ2v) is 5.85. The molecule has 0 amide bonds. The summed E-state index contributed by atoms with van der Waals surface area (Å²) in [4.78, 5) is 0. The smallest absolute Gasteiger partial charge is 0.0606 e. The molecule has 4 atom stereocenters. The van der Waals surface area contributed by atoms with Crippen molar-refractivity contribution in [1.29, 1.82) is 0 Å². The van der Waals surface area contributed by atoms with Gasteiger partial charge in [-0.2, -0.15) is 0 Å². The van der Waals surface area contributed by atoms with Gasteiger partial charge in [0.2, 0.25) is 0 Å². The zero-order valence-electron chi connectivity index (χ0n) is 10.6. The quantitative estimate of drug-likeness (QED) is 0.766. The summed E-state index contributed by atoms with van der Waals surface area (Å²) in [7, 11) is 0. The van der Waals surface area contributed by atoms with Gasteiger partial charge in [-0.1, -0.05) is 37.3 Å². The number of hydrogen-bond donors (Lipinski definition) is 0. The molecule has 17 heavy (non-hydrogen) atoms. The van der Waals surface area contributed by atoms with Crippen LogP contribution < -0.4 is 0 Å². The Morgan fingerprint density at radius 2 is 1.88 bits per heavy atom. The Hall–Kier alpha value is -0.820. The maximum Gasteiger partial charge on any atom is 0.0606 e. The molecule has 2 fully saturated rings. The summed E-state index contributed by atoms with van der Waals surface area (Å²) in [6.07, 6.45) is 5.78. The van der Waals surface area contributed by atoms with E-state index < -0.39 is 0 Å². The van der Waals surface area contributed by atoms with Crippen molar-refractivity contribution in [2.24, 2.45) is 17.8 Å². The molecular formula is C16H22O. The molecule has 3 rings (SSSR count). The molecule has 2 aliphatic rings. The molecule has 0 saturated heterocycles. The van der Waals surface area contributed by atoms with Gasteiger partial charge in [-0.25, -0.2) is 0 Å². The topological polar surface area (TPSA) is 9.23 Å². The molecule has 2 aliphatic carbocycles. The third-order valence-electron chi connectivity index (χ3n) is 4.71. The maximum atomic E-state index is 6.09. The first kappa shape index (κ1) is 11.3. The van der Waals surface area contributed by atoms with E-state index in [1.807, 2.05) is 0 Å². The van der Waals surface area contributed by atoms with Crippen LogP contribution in [0.4, 0.5) is 0 Å². The van der Waals surface area contributed by atoms with Crippen molar-refractivity contribution < 1.29 is 4.74 Å². The molecule has 1 heteroatoms. The van der Waals surface area contributed by atoms with Gasteiger partial charge in [0, 0.05) is 0 Å². The Balaban J connectivity index is 1.44. The van der Waals surface area contributed by atoms with E-state index in [2.05, 4.69) is 37.3 Å². The van der Waals surface area contributed by atoms with Crippen molar-refractivity contribution in [1.82, 2.24) is 0 Å². The average molecular weight is 230 g/mol. The molecule has 0 heterocycles. The zero-order chi connectivity index (χ0) is 11.7. The molecular weight excluding hydrogens is 208 g/mol. The fraction of sp³-hybridized carbons (Fsp3) is 0.625. The van der Waals surface area contributed by atoms with Crippen LogP contribution in [0.2, 0.25) is 0 Å². The normalized spacial score (nSPS) is 35.4. The zero-order valence-corrected chi connectivity index (χ0v) is 10.6. The van der Waals surface area contributed by atoms with Gasteiger partial charge in [0.15, 0.2) is 0 Å². The second-order valence-electron chi connectivity index (χ2n) is 5.85. The Bertz CT molecular complexity index is 357. The molecule has 1 nitrogen and oxygen atoms in total. The van der Waals surface area contributed by atoms with E-state index in [4.69, 9.17) is 4.74 Å². The third kappa shape index (κ3) is 2.40. The Morgan fingerprint density at radius 1 is 1.06 bits per heavy atom. The van der Waals surface area contributed by atoms with Crippen LogP contribution in [0.3, 0.4) is 0 Å². The fourth-order valence-electron chi connectivity index (χ4n) is 3.69. The molecule has 0 aliphatic heterocycles. The molecule has 0 radical (unpaired) electrons. The Morgan fingerprint density at radius 3 is 2.53 bits per heavy atom. The molecule has 0 spiro atoms. The van der Waals surface area contributed by atoms with E-state index in [0.29, 0.717) is 6.10 Å². The number of hydrogen-bond acceptors (Lipinski definition) is 1. The minimum atomic E-state index is 0.569. The summed E-state index contributed by atoms with van der Waals surface area (Å²) in [5.41, 5.74) is 1.39. The van der Waals surface area contributed by atoms with E-state index in [9.17, 15) is 0 Å². The Kier molecular flexibility index (Phi) is 3.19. The molecule has 2 bridgehead atoms. The van der Waals surface area contributed by atoms with Crippen LogP contribution in [-0.2, 0) is 11.2 Å². The van der Waals surface area contributed by atoms with Crippen molar-refractivity contribution in [3.63, 3.8) is 0 Å². The number of ether oxygens (including phenoxy) is 1. The van der Waals surface area contributed by atoms with Gasteiger partial charge in [-0.3, -0.25) is 0 Å². The molecule has 92 valence electrons. The van der Waals surface area contributed by atoms with Crippen LogP contribution in [0.5, 0.6) is 0 Å². The lowest BCUT2D eigenvalue weighted by atomic mass is 9.89. The highest BCUT2D eigenvalue weighted by atomic mass is 16.5. The summed E-state index contributed by atoms with van der Waals surface area (Å²) in [6.45, 7) is 3.30. The van der Waals surface area contributed by atoms with Crippen molar-refractivity contribution >= 4 is 0 Å². The van der Waals surface area contributed by atoms with Crippen molar-refractivity contribution in [2.75, 3.05) is 6.61 Å². The lowest BCUT2D eigenvalue weighted by molar-refractivity contribution is 0.0108. The summed E-state index contributed by atoms with van der Waals surface area (Å²) in [5, 5.41) is 0. The van der Waals surface area contributed by atoms with Crippen molar-refractivity contribution in [3.05, 3.63) is 35.9 Å². The lowest BCUT2D eigenvalue weighted by Crippen LogP contribution is -2.24. The van der Waals surface area contributed by atoms with E-state index in [0.717, 1.165) is 30.8 Å². The lowest BCUT2D eigenvalue weighted by Gasteiger charge is -2.25. The summed E-state index contributed by atoms with van der Waals surface area (Å²) < 4.78 is 6.09. The molecule has 0 aromatic heterocycles. The third-order valence-corrected chi connectivity index (χ3v) is 4.71.